The van der Waals surface area contributed by atoms with Crippen LogP contribution in [0.1, 0.15) is 34.6 Å². The van der Waals surface area contributed by atoms with E-state index < -0.39 is 10.0 Å². The molecule has 1 aliphatic heterocycles. The van der Waals surface area contributed by atoms with Crippen molar-refractivity contribution in [2.75, 3.05) is 17.8 Å². The molecule has 25 heavy (non-hydrogen) atoms. The van der Waals surface area contributed by atoms with E-state index in [2.05, 4.69) is 9.71 Å². The third-order valence-electron chi connectivity index (χ3n) is 3.98. The van der Waals surface area contributed by atoms with E-state index in [0.29, 0.717) is 15.6 Å². The number of likely N-dealkylation sites (tertiary alicyclic amines) is 1. The van der Waals surface area contributed by atoms with Crippen LogP contribution in [0.3, 0.4) is 0 Å². The first kappa shape index (κ1) is 18.2. The number of nitrogens with zero attached hydrogens (tertiary/aromatic N) is 2. The number of benzene rings is 1. The van der Waals surface area contributed by atoms with Gasteiger partial charge in [-0.2, -0.15) is 0 Å². The number of aryl methyl sites for hydroxylation is 1. The van der Waals surface area contributed by atoms with Crippen molar-refractivity contribution in [2.45, 2.75) is 31.1 Å². The summed E-state index contributed by atoms with van der Waals surface area (Å²) < 4.78 is 27.3. The largest absolute Gasteiger partial charge is 0.338 e. The Morgan fingerprint density at radius 1 is 1.20 bits per heavy atom. The lowest BCUT2D eigenvalue weighted by atomic mass is 10.1. The number of amides is 1. The first-order chi connectivity index (χ1) is 11.9. The molecule has 0 aliphatic carbocycles. The fourth-order valence-corrected chi connectivity index (χ4v) is 4.96. The summed E-state index contributed by atoms with van der Waals surface area (Å²) in [6.07, 6.45) is 3.14. The molecule has 0 radical (unpaired) electrons. The first-order valence-electron chi connectivity index (χ1n) is 7.92. The molecule has 1 amide bonds. The smallest absolute Gasteiger partial charge is 0.265 e. The highest BCUT2D eigenvalue weighted by Crippen LogP contribution is 2.27. The maximum atomic E-state index is 12.6. The van der Waals surface area contributed by atoms with Gasteiger partial charge in [0.1, 0.15) is 4.88 Å². The molecular weight excluding hydrogens is 382 g/mol. The SMILES string of the molecule is Cc1nc(NS(=O)(=O)c2ccc(Cl)cc2)sc1C(=O)N1CCCCC1. The monoisotopic (exact) mass is 399 g/mol. The number of hydrogen-bond acceptors (Lipinski definition) is 5. The van der Waals surface area contributed by atoms with E-state index in [0.717, 1.165) is 43.7 Å². The summed E-state index contributed by atoms with van der Waals surface area (Å²) in [5.41, 5.74) is 0.536. The topological polar surface area (TPSA) is 79.4 Å². The van der Waals surface area contributed by atoms with Gasteiger partial charge in [-0.1, -0.05) is 22.9 Å². The number of piperidine rings is 1. The van der Waals surface area contributed by atoms with E-state index in [1.807, 2.05) is 4.90 Å². The van der Waals surface area contributed by atoms with E-state index in [9.17, 15) is 13.2 Å². The Hall–Kier alpha value is -1.64. The zero-order valence-corrected chi connectivity index (χ0v) is 16.0. The van der Waals surface area contributed by atoms with Crippen LogP contribution in [0.5, 0.6) is 0 Å². The second-order valence-electron chi connectivity index (χ2n) is 5.85. The van der Waals surface area contributed by atoms with Crippen LogP contribution in [0.15, 0.2) is 29.2 Å². The van der Waals surface area contributed by atoms with Crippen LogP contribution in [-0.2, 0) is 10.0 Å². The van der Waals surface area contributed by atoms with E-state index in [1.54, 1.807) is 6.92 Å². The van der Waals surface area contributed by atoms with Crippen molar-refractivity contribution in [2.24, 2.45) is 0 Å². The Labute approximate surface area is 155 Å². The van der Waals surface area contributed by atoms with Crippen LogP contribution in [-0.4, -0.2) is 37.3 Å². The van der Waals surface area contributed by atoms with Gasteiger partial charge in [-0.25, -0.2) is 13.4 Å². The van der Waals surface area contributed by atoms with Crippen molar-refractivity contribution in [1.29, 1.82) is 0 Å². The summed E-state index contributed by atoms with van der Waals surface area (Å²) >= 11 is 6.85. The van der Waals surface area contributed by atoms with Gasteiger partial charge in [0, 0.05) is 18.1 Å². The number of halogens is 1. The van der Waals surface area contributed by atoms with E-state index >= 15 is 0 Å². The third kappa shape index (κ3) is 4.13. The number of carbonyl (C=O) groups excluding carboxylic acids is 1. The van der Waals surface area contributed by atoms with Gasteiger partial charge in [-0.05, 0) is 50.5 Å². The minimum atomic E-state index is -3.77. The van der Waals surface area contributed by atoms with Gasteiger partial charge in [-0.15, -0.1) is 0 Å². The molecule has 9 heteroatoms. The van der Waals surface area contributed by atoms with Crippen molar-refractivity contribution in [3.05, 3.63) is 39.9 Å². The summed E-state index contributed by atoms with van der Waals surface area (Å²) in [4.78, 5) is 19.2. The zero-order chi connectivity index (χ0) is 18.0. The lowest BCUT2D eigenvalue weighted by Crippen LogP contribution is -2.35. The summed E-state index contributed by atoms with van der Waals surface area (Å²) in [6, 6.07) is 5.86. The van der Waals surface area contributed by atoms with Gasteiger partial charge in [0.05, 0.1) is 10.6 Å². The van der Waals surface area contributed by atoms with Gasteiger partial charge in [-0.3, -0.25) is 9.52 Å². The van der Waals surface area contributed by atoms with Crippen molar-refractivity contribution < 1.29 is 13.2 Å². The molecule has 2 heterocycles. The molecule has 0 atom stereocenters. The average Bonchev–Trinajstić information content (AvgIpc) is 2.95. The molecular formula is C16H18ClN3O3S2. The van der Waals surface area contributed by atoms with Gasteiger partial charge in [0.25, 0.3) is 15.9 Å². The number of rotatable bonds is 4. The number of carbonyl (C=O) groups is 1. The van der Waals surface area contributed by atoms with Crippen molar-refractivity contribution in [3.8, 4) is 0 Å². The van der Waals surface area contributed by atoms with E-state index in [4.69, 9.17) is 11.6 Å². The molecule has 6 nitrogen and oxygen atoms in total. The van der Waals surface area contributed by atoms with Crippen LogP contribution in [0.4, 0.5) is 5.13 Å². The second kappa shape index (κ2) is 7.31. The lowest BCUT2D eigenvalue weighted by Gasteiger charge is -2.26. The maximum absolute atomic E-state index is 12.6. The van der Waals surface area contributed by atoms with Gasteiger partial charge >= 0.3 is 0 Å². The Morgan fingerprint density at radius 2 is 1.84 bits per heavy atom. The van der Waals surface area contributed by atoms with Gasteiger partial charge in [0.15, 0.2) is 5.13 Å². The maximum Gasteiger partial charge on any atom is 0.265 e. The molecule has 134 valence electrons. The lowest BCUT2D eigenvalue weighted by molar-refractivity contribution is 0.0728. The molecule has 0 bridgehead atoms. The summed E-state index contributed by atoms with van der Waals surface area (Å²) in [5.74, 6) is -0.0772. The average molecular weight is 400 g/mol. The molecule has 0 spiro atoms. The molecule has 1 aromatic heterocycles. The van der Waals surface area contributed by atoms with Crippen molar-refractivity contribution in [1.82, 2.24) is 9.88 Å². The van der Waals surface area contributed by atoms with Crippen LogP contribution in [0, 0.1) is 6.92 Å². The Morgan fingerprint density at radius 3 is 2.48 bits per heavy atom. The van der Waals surface area contributed by atoms with Gasteiger partial charge in [0.2, 0.25) is 0 Å². The molecule has 0 saturated carbocycles. The summed E-state index contributed by atoms with van der Waals surface area (Å²) in [5, 5.41) is 0.645. The van der Waals surface area contributed by atoms with Crippen LogP contribution >= 0.6 is 22.9 Å². The Bertz CT molecular complexity index is 873. The van der Waals surface area contributed by atoms with Gasteiger partial charge < -0.3 is 4.90 Å². The van der Waals surface area contributed by atoms with E-state index in [1.165, 1.54) is 24.3 Å². The fourth-order valence-electron chi connectivity index (χ4n) is 2.67. The first-order valence-corrected chi connectivity index (χ1v) is 10.6. The highest BCUT2D eigenvalue weighted by Gasteiger charge is 2.24. The summed E-state index contributed by atoms with van der Waals surface area (Å²) in [7, 11) is -3.77. The number of aromatic nitrogens is 1. The van der Waals surface area contributed by atoms with Crippen molar-refractivity contribution >= 4 is 44.0 Å². The quantitative estimate of drug-likeness (QED) is 0.852. The highest BCUT2D eigenvalue weighted by molar-refractivity contribution is 7.93. The highest BCUT2D eigenvalue weighted by atomic mass is 35.5. The third-order valence-corrected chi connectivity index (χ3v) is 6.78. The molecule has 1 saturated heterocycles. The summed E-state index contributed by atoms with van der Waals surface area (Å²) in [6.45, 7) is 3.19. The van der Waals surface area contributed by atoms with Crippen molar-refractivity contribution in [3.63, 3.8) is 0 Å². The van der Waals surface area contributed by atoms with Crippen LogP contribution < -0.4 is 4.72 Å². The standard InChI is InChI=1S/C16H18ClN3O3S2/c1-11-14(15(21)20-9-3-2-4-10-20)24-16(18-11)19-25(22,23)13-7-5-12(17)6-8-13/h5-8H,2-4,9-10H2,1H3,(H,18,19). The fraction of sp³-hybridized carbons (Fsp3) is 0.375. The molecule has 1 fully saturated rings. The number of thiazole rings is 1. The molecule has 1 aliphatic rings. The molecule has 0 unspecified atom stereocenters. The molecule has 3 rings (SSSR count). The number of sulfonamides is 1. The second-order valence-corrected chi connectivity index (χ2v) is 8.96. The normalized spacial score (nSPS) is 15.2. The van der Waals surface area contributed by atoms with Crippen LogP contribution in [0.25, 0.3) is 0 Å². The Balaban J connectivity index is 1.80. The molecule has 2 aromatic rings. The minimum Gasteiger partial charge on any atom is -0.338 e. The van der Waals surface area contributed by atoms with E-state index in [-0.39, 0.29) is 15.9 Å². The number of anilines is 1. The zero-order valence-electron chi connectivity index (χ0n) is 13.7. The minimum absolute atomic E-state index is 0.0772. The van der Waals surface area contributed by atoms with Crippen LogP contribution in [0.2, 0.25) is 5.02 Å². The Kier molecular flexibility index (Phi) is 5.31. The number of hydrogen-bond donors (Lipinski definition) is 1. The molecule has 1 N–H and O–H groups in total. The predicted molar refractivity (Wildman–Crippen MR) is 98.9 cm³/mol. The molecule has 1 aromatic carbocycles. The predicted octanol–water partition coefficient (Wildman–Crippen LogP) is 3.53. The number of nitrogens with one attached hydrogen (secondary N) is 1.